The molecule has 1 aromatic rings. The molecule has 0 amide bonds. The third-order valence-corrected chi connectivity index (χ3v) is 4.31. The van der Waals surface area contributed by atoms with Gasteiger partial charge in [0.25, 0.3) is 0 Å². The number of nitrogens with two attached hydrogens (primary N) is 1. The van der Waals surface area contributed by atoms with Crippen LogP contribution in [0, 0.1) is 0 Å². The van der Waals surface area contributed by atoms with E-state index in [2.05, 4.69) is 55.2 Å². The molecule has 3 heteroatoms. The minimum atomic E-state index is 0.179. The van der Waals surface area contributed by atoms with Crippen LogP contribution in [0.3, 0.4) is 0 Å². The van der Waals surface area contributed by atoms with Gasteiger partial charge in [0.2, 0.25) is 0 Å². The molecule has 18 heavy (non-hydrogen) atoms. The molecule has 1 aliphatic heterocycles. The molecule has 0 bridgehead atoms. The van der Waals surface area contributed by atoms with Crippen LogP contribution in [0.1, 0.15) is 18.4 Å². The second kappa shape index (κ2) is 5.29. The quantitative estimate of drug-likeness (QED) is 0.882. The summed E-state index contributed by atoms with van der Waals surface area (Å²) in [5.74, 6) is 0. The standard InChI is InChI=1S/C15H25N3/c1-17(2)14-6-4-5-13(11-14)15(12-16)7-9-18(3)10-8-15/h4-6,11H,7-10,12,16H2,1-3H3. The van der Waals surface area contributed by atoms with Crippen molar-refractivity contribution in [3.05, 3.63) is 29.8 Å². The van der Waals surface area contributed by atoms with E-state index < -0.39 is 0 Å². The average Bonchev–Trinajstić information content (AvgIpc) is 2.40. The minimum Gasteiger partial charge on any atom is -0.378 e. The first-order valence-electron chi connectivity index (χ1n) is 6.74. The molecule has 1 heterocycles. The zero-order valence-electron chi connectivity index (χ0n) is 11.8. The van der Waals surface area contributed by atoms with Crippen LogP contribution in [0.15, 0.2) is 24.3 Å². The maximum absolute atomic E-state index is 6.11. The first-order valence-corrected chi connectivity index (χ1v) is 6.74. The van der Waals surface area contributed by atoms with Gasteiger partial charge in [0, 0.05) is 31.7 Å². The smallest absolute Gasteiger partial charge is 0.0363 e. The van der Waals surface area contributed by atoms with Crippen LogP contribution in [0.4, 0.5) is 5.69 Å². The maximum atomic E-state index is 6.11. The van der Waals surface area contributed by atoms with E-state index in [0.717, 1.165) is 32.5 Å². The molecule has 0 atom stereocenters. The van der Waals surface area contributed by atoms with Gasteiger partial charge < -0.3 is 15.5 Å². The van der Waals surface area contributed by atoms with E-state index in [1.54, 1.807) is 0 Å². The average molecular weight is 247 g/mol. The largest absolute Gasteiger partial charge is 0.378 e. The fourth-order valence-corrected chi connectivity index (χ4v) is 2.77. The summed E-state index contributed by atoms with van der Waals surface area (Å²) in [6.45, 7) is 3.03. The third kappa shape index (κ3) is 2.52. The number of hydrogen-bond acceptors (Lipinski definition) is 3. The molecule has 0 unspecified atom stereocenters. The van der Waals surface area contributed by atoms with Gasteiger partial charge in [-0.15, -0.1) is 0 Å². The Morgan fingerprint density at radius 2 is 1.94 bits per heavy atom. The normalized spacial score (nSPS) is 19.8. The van der Waals surface area contributed by atoms with Crippen LogP contribution in [0.25, 0.3) is 0 Å². The molecule has 1 aromatic carbocycles. The van der Waals surface area contributed by atoms with E-state index in [0.29, 0.717) is 0 Å². The van der Waals surface area contributed by atoms with Crippen LogP contribution < -0.4 is 10.6 Å². The molecule has 2 N–H and O–H groups in total. The summed E-state index contributed by atoms with van der Waals surface area (Å²) < 4.78 is 0. The molecule has 1 fully saturated rings. The second-order valence-corrected chi connectivity index (χ2v) is 5.73. The highest BCUT2D eigenvalue weighted by Gasteiger charge is 2.34. The van der Waals surface area contributed by atoms with E-state index in [1.807, 2.05) is 0 Å². The monoisotopic (exact) mass is 247 g/mol. The van der Waals surface area contributed by atoms with Gasteiger partial charge in [0.1, 0.15) is 0 Å². The molecule has 1 saturated heterocycles. The highest BCUT2D eigenvalue weighted by Crippen LogP contribution is 2.35. The van der Waals surface area contributed by atoms with Gasteiger partial charge in [-0.05, 0) is 50.7 Å². The number of nitrogens with zero attached hydrogens (tertiary/aromatic N) is 2. The summed E-state index contributed by atoms with van der Waals surface area (Å²) in [6, 6.07) is 8.85. The topological polar surface area (TPSA) is 32.5 Å². The molecule has 2 rings (SSSR count). The van der Waals surface area contributed by atoms with Crippen molar-refractivity contribution in [2.75, 3.05) is 45.7 Å². The van der Waals surface area contributed by atoms with Crippen LogP contribution in [0.2, 0.25) is 0 Å². The summed E-state index contributed by atoms with van der Waals surface area (Å²) in [5.41, 5.74) is 8.96. The van der Waals surface area contributed by atoms with Gasteiger partial charge >= 0.3 is 0 Å². The molecule has 0 saturated carbocycles. The molecule has 100 valence electrons. The maximum Gasteiger partial charge on any atom is 0.0363 e. The first-order chi connectivity index (χ1) is 8.57. The third-order valence-electron chi connectivity index (χ3n) is 4.31. The van der Waals surface area contributed by atoms with E-state index in [9.17, 15) is 0 Å². The minimum absolute atomic E-state index is 0.179. The number of hydrogen-bond donors (Lipinski definition) is 1. The highest BCUT2D eigenvalue weighted by atomic mass is 15.1. The zero-order chi connectivity index (χ0) is 13.2. The van der Waals surface area contributed by atoms with Crippen molar-refractivity contribution in [3.63, 3.8) is 0 Å². The molecular formula is C15H25N3. The van der Waals surface area contributed by atoms with Crippen molar-refractivity contribution in [3.8, 4) is 0 Å². The molecule has 3 nitrogen and oxygen atoms in total. The predicted molar refractivity (Wildman–Crippen MR) is 78.2 cm³/mol. The van der Waals surface area contributed by atoms with Crippen LogP contribution in [-0.4, -0.2) is 45.7 Å². The lowest BCUT2D eigenvalue weighted by Crippen LogP contribution is -2.45. The van der Waals surface area contributed by atoms with Gasteiger partial charge in [-0.3, -0.25) is 0 Å². The molecule has 0 radical (unpaired) electrons. The fourth-order valence-electron chi connectivity index (χ4n) is 2.77. The van der Waals surface area contributed by atoms with Gasteiger partial charge in [0.05, 0.1) is 0 Å². The van der Waals surface area contributed by atoms with Gasteiger partial charge in [0.15, 0.2) is 0 Å². The Kier molecular flexibility index (Phi) is 3.93. The van der Waals surface area contributed by atoms with Crippen molar-refractivity contribution < 1.29 is 0 Å². The molecule has 0 aliphatic carbocycles. The lowest BCUT2D eigenvalue weighted by Gasteiger charge is -2.40. The number of rotatable bonds is 3. The van der Waals surface area contributed by atoms with Crippen molar-refractivity contribution >= 4 is 5.69 Å². The summed E-state index contributed by atoms with van der Waals surface area (Å²) in [4.78, 5) is 4.55. The molecule has 0 aromatic heterocycles. The summed E-state index contributed by atoms with van der Waals surface area (Å²) >= 11 is 0. The Labute approximate surface area is 111 Å². The predicted octanol–water partition coefficient (Wildman–Crippen LogP) is 1.67. The van der Waals surface area contributed by atoms with E-state index >= 15 is 0 Å². The van der Waals surface area contributed by atoms with Crippen molar-refractivity contribution in [1.82, 2.24) is 4.90 Å². The lowest BCUT2D eigenvalue weighted by molar-refractivity contribution is 0.192. The fraction of sp³-hybridized carbons (Fsp3) is 0.600. The Morgan fingerprint density at radius 3 is 2.50 bits per heavy atom. The van der Waals surface area contributed by atoms with Crippen LogP contribution in [-0.2, 0) is 5.41 Å². The highest BCUT2D eigenvalue weighted by molar-refractivity contribution is 5.49. The number of piperidine rings is 1. The van der Waals surface area contributed by atoms with E-state index in [1.165, 1.54) is 11.3 Å². The van der Waals surface area contributed by atoms with E-state index in [-0.39, 0.29) is 5.41 Å². The Bertz CT molecular complexity index is 392. The van der Waals surface area contributed by atoms with Crippen LogP contribution >= 0.6 is 0 Å². The van der Waals surface area contributed by atoms with Gasteiger partial charge in [-0.1, -0.05) is 12.1 Å². The van der Waals surface area contributed by atoms with Gasteiger partial charge in [-0.25, -0.2) is 0 Å². The summed E-state index contributed by atoms with van der Waals surface area (Å²) in [7, 11) is 6.36. The Balaban J connectivity index is 2.29. The summed E-state index contributed by atoms with van der Waals surface area (Å²) in [6.07, 6.45) is 2.33. The Hall–Kier alpha value is -1.06. The van der Waals surface area contributed by atoms with Gasteiger partial charge in [-0.2, -0.15) is 0 Å². The lowest BCUT2D eigenvalue weighted by atomic mass is 9.73. The Morgan fingerprint density at radius 1 is 1.28 bits per heavy atom. The second-order valence-electron chi connectivity index (χ2n) is 5.73. The number of benzene rings is 1. The van der Waals surface area contributed by atoms with Crippen molar-refractivity contribution in [2.45, 2.75) is 18.3 Å². The first kappa shape index (κ1) is 13.4. The van der Waals surface area contributed by atoms with E-state index in [4.69, 9.17) is 5.73 Å². The number of likely N-dealkylation sites (tertiary alicyclic amines) is 1. The van der Waals surface area contributed by atoms with Crippen LogP contribution in [0.5, 0.6) is 0 Å². The van der Waals surface area contributed by atoms with Crippen molar-refractivity contribution in [1.29, 1.82) is 0 Å². The summed E-state index contributed by atoms with van der Waals surface area (Å²) in [5, 5.41) is 0. The zero-order valence-corrected chi connectivity index (χ0v) is 11.8. The molecule has 0 spiro atoms. The molecule has 1 aliphatic rings. The number of anilines is 1. The SMILES string of the molecule is CN1CCC(CN)(c2cccc(N(C)C)c2)CC1. The van der Waals surface area contributed by atoms with Crippen molar-refractivity contribution in [2.24, 2.45) is 5.73 Å². The molecular weight excluding hydrogens is 222 g/mol.